The molecule has 2 amide bonds. The van der Waals surface area contributed by atoms with Gasteiger partial charge in [-0.2, -0.15) is 0 Å². The zero-order valence-corrected chi connectivity index (χ0v) is 17.3. The molecule has 2 aliphatic heterocycles. The van der Waals surface area contributed by atoms with Crippen LogP contribution in [-0.4, -0.2) is 52.3 Å². The molecule has 0 spiro atoms. The fraction of sp³-hybridized carbons (Fsp3) is 0.458. The number of benzene rings is 1. The van der Waals surface area contributed by atoms with E-state index in [4.69, 9.17) is 4.74 Å². The molecule has 1 unspecified atom stereocenters. The maximum Gasteiger partial charge on any atom is 0.227 e. The normalized spacial score (nSPS) is 20.4. The summed E-state index contributed by atoms with van der Waals surface area (Å²) in [4.78, 5) is 33.5. The van der Waals surface area contributed by atoms with Gasteiger partial charge in [0, 0.05) is 32.3 Å². The maximum absolute atomic E-state index is 13.1. The van der Waals surface area contributed by atoms with Crippen LogP contribution in [0.2, 0.25) is 0 Å². The Morgan fingerprint density at radius 3 is 2.53 bits per heavy atom. The highest BCUT2D eigenvalue weighted by Gasteiger charge is 2.34. The quantitative estimate of drug-likeness (QED) is 0.738. The Bertz CT molecular complexity index is 835. The topological polar surface area (TPSA) is 62.7 Å². The molecule has 0 radical (unpaired) electrons. The van der Waals surface area contributed by atoms with E-state index in [1.165, 1.54) is 5.56 Å². The minimum Gasteiger partial charge on any atom is -0.373 e. The molecular weight excluding hydrogens is 378 g/mol. The first-order valence-electron chi connectivity index (χ1n) is 10.8. The van der Waals surface area contributed by atoms with Crippen molar-refractivity contribution in [3.8, 4) is 0 Å². The van der Waals surface area contributed by atoms with Gasteiger partial charge in [0.25, 0.3) is 0 Å². The molecule has 0 N–H and O–H groups in total. The number of likely N-dealkylation sites (tertiary alicyclic amines) is 2. The number of aromatic nitrogens is 1. The van der Waals surface area contributed by atoms with Crippen LogP contribution < -0.4 is 0 Å². The first-order valence-corrected chi connectivity index (χ1v) is 10.8. The summed E-state index contributed by atoms with van der Waals surface area (Å²) >= 11 is 0. The maximum atomic E-state index is 13.1. The van der Waals surface area contributed by atoms with Gasteiger partial charge >= 0.3 is 0 Å². The molecule has 0 saturated carbocycles. The lowest BCUT2D eigenvalue weighted by atomic mass is 9.94. The van der Waals surface area contributed by atoms with E-state index in [0.717, 1.165) is 31.6 Å². The van der Waals surface area contributed by atoms with E-state index in [0.29, 0.717) is 32.5 Å². The molecule has 158 valence electrons. The molecule has 0 aliphatic carbocycles. The van der Waals surface area contributed by atoms with Crippen molar-refractivity contribution >= 4 is 11.8 Å². The van der Waals surface area contributed by atoms with Crippen LogP contribution in [-0.2, 0) is 27.5 Å². The number of hydrogen-bond acceptors (Lipinski definition) is 4. The SMILES string of the molecule is O=C1CCC(C(=O)N2CCC(OCc3ccccc3)CC2)CN1Cc1ccccn1. The van der Waals surface area contributed by atoms with E-state index in [1.54, 1.807) is 11.1 Å². The number of pyridine rings is 1. The van der Waals surface area contributed by atoms with Gasteiger partial charge in [0.15, 0.2) is 0 Å². The lowest BCUT2D eigenvalue weighted by Gasteiger charge is -2.37. The van der Waals surface area contributed by atoms with Crippen LogP contribution in [0.25, 0.3) is 0 Å². The van der Waals surface area contributed by atoms with Gasteiger partial charge in [0.1, 0.15) is 0 Å². The Labute approximate surface area is 177 Å². The molecule has 2 aromatic rings. The van der Waals surface area contributed by atoms with E-state index in [2.05, 4.69) is 17.1 Å². The summed E-state index contributed by atoms with van der Waals surface area (Å²) < 4.78 is 6.04. The fourth-order valence-electron chi connectivity index (χ4n) is 4.25. The van der Waals surface area contributed by atoms with Crippen LogP contribution in [0.1, 0.15) is 36.9 Å². The van der Waals surface area contributed by atoms with Gasteiger partial charge in [-0.05, 0) is 37.0 Å². The van der Waals surface area contributed by atoms with Gasteiger partial charge in [-0.1, -0.05) is 36.4 Å². The molecule has 30 heavy (non-hydrogen) atoms. The molecule has 4 rings (SSSR count). The van der Waals surface area contributed by atoms with E-state index in [-0.39, 0.29) is 23.8 Å². The first kappa shape index (κ1) is 20.5. The van der Waals surface area contributed by atoms with Crippen molar-refractivity contribution in [1.29, 1.82) is 0 Å². The zero-order valence-electron chi connectivity index (χ0n) is 17.3. The molecule has 2 fully saturated rings. The van der Waals surface area contributed by atoms with Crippen LogP contribution in [0, 0.1) is 5.92 Å². The van der Waals surface area contributed by atoms with Gasteiger partial charge in [-0.15, -0.1) is 0 Å². The van der Waals surface area contributed by atoms with Crippen molar-refractivity contribution in [3.05, 3.63) is 66.0 Å². The van der Waals surface area contributed by atoms with E-state index >= 15 is 0 Å². The van der Waals surface area contributed by atoms with Crippen molar-refractivity contribution in [2.24, 2.45) is 5.92 Å². The number of ether oxygens (including phenoxy) is 1. The highest BCUT2D eigenvalue weighted by atomic mass is 16.5. The van der Waals surface area contributed by atoms with Crippen molar-refractivity contribution in [2.45, 2.75) is 44.9 Å². The molecule has 2 aliphatic rings. The molecule has 1 aromatic carbocycles. The second kappa shape index (κ2) is 9.85. The largest absolute Gasteiger partial charge is 0.373 e. The second-order valence-electron chi connectivity index (χ2n) is 8.15. The van der Waals surface area contributed by atoms with Gasteiger partial charge in [0.05, 0.1) is 30.9 Å². The Balaban J connectivity index is 1.25. The summed E-state index contributed by atoms with van der Waals surface area (Å²) in [5, 5.41) is 0. The van der Waals surface area contributed by atoms with Crippen molar-refractivity contribution in [2.75, 3.05) is 19.6 Å². The number of nitrogens with zero attached hydrogens (tertiary/aromatic N) is 3. The minimum absolute atomic E-state index is 0.109. The first-order chi connectivity index (χ1) is 14.7. The summed E-state index contributed by atoms with van der Waals surface area (Å²) in [6.07, 6.45) is 4.73. The smallest absolute Gasteiger partial charge is 0.227 e. The van der Waals surface area contributed by atoms with E-state index < -0.39 is 0 Å². The minimum atomic E-state index is -0.117. The van der Waals surface area contributed by atoms with Crippen LogP contribution >= 0.6 is 0 Å². The van der Waals surface area contributed by atoms with Crippen LogP contribution in [0.15, 0.2) is 54.7 Å². The molecular formula is C24H29N3O3. The Hall–Kier alpha value is -2.73. The number of rotatable bonds is 6. The van der Waals surface area contributed by atoms with Gasteiger partial charge in [-0.3, -0.25) is 14.6 Å². The summed E-state index contributed by atoms with van der Waals surface area (Å²) in [7, 11) is 0. The highest BCUT2D eigenvalue weighted by Crippen LogP contribution is 2.24. The molecule has 1 aromatic heterocycles. The second-order valence-corrected chi connectivity index (χ2v) is 8.15. The lowest BCUT2D eigenvalue weighted by molar-refractivity contribution is -0.145. The molecule has 6 nitrogen and oxygen atoms in total. The Morgan fingerprint density at radius 1 is 1.03 bits per heavy atom. The van der Waals surface area contributed by atoms with Gasteiger partial charge in [-0.25, -0.2) is 0 Å². The third-order valence-corrected chi connectivity index (χ3v) is 6.01. The predicted molar refractivity (Wildman–Crippen MR) is 113 cm³/mol. The Kier molecular flexibility index (Phi) is 6.74. The fourth-order valence-corrected chi connectivity index (χ4v) is 4.25. The van der Waals surface area contributed by atoms with Crippen LogP contribution in [0.5, 0.6) is 0 Å². The summed E-state index contributed by atoms with van der Waals surface area (Å²) in [5.74, 6) is 0.168. The standard InChI is InChI=1S/C24H29N3O3/c28-23-10-9-20(16-27(23)17-21-8-4-5-13-25-21)24(29)26-14-11-22(12-15-26)30-18-19-6-2-1-3-7-19/h1-8,13,20,22H,9-12,14-18H2. The zero-order chi connectivity index (χ0) is 20.8. The lowest BCUT2D eigenvalue weighted by Crippen LogP contribution is -2.49. The number of hydrogen-bond donors (Lipinski definition) is 0. The van der Waals surface area contributed by atoms with Gasteiger partial charge < -0.3 is 14.5 Å². The predicted octanol–water partition coefficient (Wildman–Crippen LogP) is 3.03. The third kappa shape index (κ3) is 5.25. The van der Waals surface area contributed by atoms with Crippen molar-refractivity contribution in [1.82, 2.24) is 14.8 Å². The Morgan fingerprint density at radius 2 is 1.80 bits per heavy atom. The monoisotopic (exact) mass is 407 g/mol. The van der Waals surface area contributed by atoms with Crippen LogP contribution in [0.3, 0.4) is 0 Å². The number of carbonyl (C=O) groups excluding carboxylic acids is 2. The van der Waals surface area contributed by atoms with Gasteiger partial charge in [0.2, 0.25) is 11.8 Å². The van der Waals surface area contributed by atoms with E-state index in [9.17, 15) is 9.59 Å². The van der Waals surface area contributed by atoms with Crippen LogP contribution in [0.4, 0.5) is 0 Å². The van der Waals surface area contributed by atoms with E-state index in [1.807, 2.05) is 41.3 Å². The number of piperidine rings is 2. The highest BCUT2D eigenvalue weighted by molar-refractivity contribution is 5.84. The molecule has 1 atom stereocenters. The number of carbonyl (C=O) groups is 2. The molecule has 6 heteroatoms. The third-order valence-electron chi connectivity index (χ3n) is 6.01. The summed E-state index contributed by atoms with van der Waals surface area (Å²) in [6, 6.07) is 15.9. The molecule has 0 bridgehead atoms. The van der Waals surface area contributed by atoms with Crippen molar-refractivity contribution in [3.63, 3.8) is 0 Å². The number of amides is 2. The average molecular weight is 408 g/mol. The average Bonchev–Trinajstić information content (AvgIpc) is 2.80. The molecule has 3 heterocycles. The summed E-state index contributed by atoms with van der Waals surface area (Å²) in [5.41, 5.74) is 2.03. The summed E-state index contributed by atoms with van der Waals surface area (Å²) in [6.45, 7) is 3.02. The molecule has 2 saturated heterocycles. The van der Waals surface area contributed by atoms with Crippen molar-refractivity contribution < 1.29 is 14.3 Å².